The molecule has 4 nitrogen and oxygen atoms in total. The Hall–Kier alpha value is -2.88. The van der Waals surface area contributed by atoms with E-state index in [-0.39, 0.29) is 0 Å². The lowest BCUT2D eigenvalue weighted by Gasteiger charge is -2.18. The summed E-state index contributed by atoms with van der Waals surface area (Å²) in [6.07, 6.45) is 5.31. The molecule has 0 amide bonds. The van der Waals surface area contributed by atoms with Gasteiger partial charge < -0.3 is 18.9 Å². The Morgan fingerprint density at radius 1 is 0.759 bits per heavy atom. The van der Waals surface area contributed by atoms with Crippen LogP contribution in [0.25, 0.3) is 0 Å². The van der Waals surface area contributed by atoms with Crippen molar-refractivity contribution in [2.24, 2.45) is 5.92 Å². The minimum absolute atomic E-state index is 0.352. The molecular formula is C25H30O4. The SMILES string of the molecule is C=C1CCC(C)CC1.C=C1Oc2ccc(C)cc2O1.Cc1ccc2c(c1)OCO2. The maximum atomic E-state index is 5.17. The van der Waals surface area contributed by atoms with Gasteiger partial charge in [-0.25, -0.2) is 0 Å². The third kappa shape index (κ3) is 6.05. The maximum Gasteiger partial charge on any atom is 0.282 e. The van der Waals surface area contributed by atoms with E-state index >= 15 is 0 Å². The Morgan fingerprint density at radius 3 is 1.97 bits per heavy atom. The molecule has 2 aromatic carbocycles. The van der Waals surface area contributed by atoms with Gasteiger partial charge in [-0.1, -0.05) is 31.2 Å². The number of rotatable bonds is 0. The van der Waals surface area contributed by atoms with Gasteiger partial charge in [0.25, 0.3) is 5.95 Å². The third-order valence-electron chi connectivity index (χ3n) is 5.06. The third-order valence-corrected chi connectivity index (χ3v) is 5.06. The first kappa shape index (κ1) is 20.8. The quantitative estimate of drug-likeness (QED) is 0.465. The molecule has 0 atom stereocenters. The van der Waals surface area contributed by atoms with Gasteiger partial charge in [0.15, 0.2) is 23.0 Å². The standard InChI is InChI=1S/C9H8O2.C8H8O2.C8H14/c1-6-3-4-8-9(5-6)11-7(2)10-8;1-6-2-3-7-8(4-6)10-5-9-7;1-7-3-5-8(2)6-4-7/h3-5H,2H2,1H3;2-4H,5H2,1H3;8H,1,3-6H2,2H3. The Morgan fingerprint density at radius 2 is 1.31 bits per heavy atom. The summed E-state index contributed by atoms with van der Waals surface area (Å²) >= 11 is 0. The predicted molar refractivity (Wildman–Crippen MR) is 116 cm³/mol. The van der Waals surface area contributed by atoms with Gasteiger partial charge in [-0.2, -0.15) is 0 Å². The van der Waals surface area contributed by atoms with Crippen LogP contribution in [0.15, 0.2) is 61.1 Å². The molecule has 29 heavy (non-hydrogen) atoms. The van der Waals surface area contributed by atoms with E-state index in [0.29, 0.717) is 12.7 Å². The van der Waals surface area contributed by atoms with Gasteiger partial charge in [0.1, 0.15) is 0 Å². The molecule has 5 rings (SSSR count). The summed E-state index contributed by atoms with van der Waals surface area (Å²) in [7, 11) is 0. The smallest absolute Gasteiger partial charge is 0.282 e. The number of hydrogen-bond donors (Lipinski definition) is 0. The summed E-state index contributed by atoms with van der Waals surface area (Å²) in [5, 5.41) is 0. The second-order valence-corrected chi connectivity index (χ2v) is 7.82. The summed E-state index contributed by atoms with van der Waals surface area (Å²) in [6.45, 7) is 14.2. The molecule has 0 spiro atoms. The topological polar surface area (TPSA) is 36.9 Å². The number of allylic oxidation sites excluding steroid dienone is 1. The monoisotopic (exact) mass is 394 g/mol. The molecule has 4 heteroatoms. The first-order chi connectivity index (χ1) is 13.9. The zero-order valence-electron chi connectivity index (χ0n) is 17.6. The van der Waals surface area contributed by atoms with Crippen molar-refractivity contribution in [2.75, 3.05) is 6.79 Å². The molecule has 0 unspecified atom stereocenters. The molecule has 0 saturated heterocycles. The van der Waals surface area contributed by atoms with Crippen molar-refractivity contribution in [2.45, 2.75) is 46.5 Å². The molecule has 2 aliphatic heterocycles. The van der Waals surface area contributed by atoms with Crippen LogP contribution in [0.2, 0.25) is 0 Å². The van der Waals surface area contributed by atoms with Gasteiger partial charge in [-0.15, -0.1) is 0 Å². The lowest BCUT2D eigenvalue weighted by Crippen LogP contribution is -2.02. The largest absolute Gasteiger partial charge is 0.454 e. The van der Waals surface area contributed by atoms with Crippen LogP contribution in [0.4, 0.5) is 0 Å². The fourth-order valence-electron chi connectivity index (χ4n) is 3.22. The molecule has 1 aliphatic carbocycles. The second kappa shape index (κ2) is 9.55. The minimum atomic E-state index is 0.352. The van der Waals surface area contributed by atoms with Crippen LogP contribution in [0.3, 0.4) is 0 Å². The van der Waals surface area contributed by atoms with Gasteiger partial charge in [0.05, 0.1) is 0 Å². The molecule has 3 aliphatic rings. The van der Waals surface area contributed by atoms with Crippen LogP contribution in [0, 0.1) is 19.8 Å². The highest BCUT2D eigenvalue weighted by Crippen LogP contribution is 2.36. The molecule has 1 saturated carbocycles. The van der Waals surface area contributed by atoms with Crippen LogP contribution in [0.5, 0.6) is 23.0 Å². The highest BCUT2D eigenvalue weighted by Gasteiger charge is 2.16. The van der Waals surface area contributed by atoms with Crippen LogP contribution in [0.1, 0.15) is 43.7 Å². The highest BCUT2D eigenvalue weighted by atomic mass is 16.7. The van der Waals surface area contributed by atoms with E-state index in [1.54, 1.807) is 0 Å². The molecule has 0 N–H and O–H groups in total. The highest BCUT2D eigenvalue weighted by molar-refractivity contribution is 5.46. The van der Waals surface area contributed by atoms with E-state index in [0.717, 1.165) is 34.5 Å². The molecule has 0 aromatic heterocycles. The summed E-state index contributed by atoms with van der Waals surface area (Å²) < 4.78 is 20.6. The van der Waals surface area contributed by atoms with Gasteiger partial charge in [0.2, 0.25) is 6.79 Å². The van der Waals surface area contributed by atoms with E-state index in [4.69, 9.17) is 18.9 Å². The van der Waals surface area contributed by atoms with E-state index in [1.165, 1.54) is 36.8 Å². The lowest BCUT2D eigenvalue weighted by molar-refractivity contribution is 0.174. The van der Waals surface area contributed by atoms with Crippen LogP contribution in [-0.2, 0) is 0 Å². The molecule has 154 valence electrons. The molecule has 1 fully saturated rings. The first-order valence-electron chi connectivity index (χ1n) is 10.1. The molecule has 2 aromatic rings. The van der Waals surface area contributed by atoms with Gasteiger partial charge >= 0.3 is 0 Å². The Balaban J connectivity index is 0.000000126. The van der Waals surface area contributed by atoms with Crippen molar-refractivity contribution in [3.8, 4) is 23.0 Å². The van der Waals surface area contributed by atoms with Crippen molar-refractivity contribution < 1.29 is 18.9 Å². The van der Waals surface area contributed by atoms with Crippen molar-refractivity contribution in [1.82, 2.24) is 0 Å². The maximum absolute atomic E-state index is 5.17. The summed E-state index contributed by atoms with van der Waals surface area (Å²) in [6, 6.07) is 11.7. The molecule has 0 bridgehead atoms. The van der Waals surface area contributed by atoms with Crippen molar-refractivity contribution in [3.05, 3.63) is 72.2 Å². The Kier molecular flexibility index (Phi) is 6.86. The van der Waals surface area contributed by atoms with Crippen LogP contribution >= 0.6 is 0 Å². The van der Waals surface area contributed by atoms with Gasteiger partial charge in [-0.05, 0) is 87.4 Å². The number of hydrogen-bond acceptors (Lipinski definition) is 4. The van der Waals surface area contributed by atoms with Crippen molar-refractivity contribution in [1.29, 1.82) is 0 Å². The number of benzene rings is 2. The fraction of sp³-hybridized carbons (Fsp3) is 0.360. The van der Waals surface area contributed by atoms with Crippen molar-refractivity contribution >= 4 is 0 Å². The number of fused-ring (bicyclic) bond motifs is 2. The summed E-state index contributed by atoms with van der Waals surface area (Å²) in [4.78, 5) is 0. The average molecular weight is 395 g/mol. The molecule has 2 heterocycles. The average Bonchev–Trinajstić information content (AvgIpc) is 3.29. The summed E-state index contributed by atoms with van der Waals surface area (Å²) in [5.74, 6) is 4.53. The van der Waals surface area contributed by atoms with Crippen molar-refractivity contribution in [3.63, 3.8) is 0 Å². The van der Waals surface area contributed by atoms with Gasteiger partial charge in [0, 0.05) is 0 Å². The predicted octanol–water partition coefficient (Wildman–Crippen LogP) is 6.71. The summed E-state index contributed by atoms with van der Waals surface area (Å²) in [5.41, 5.74) is 3.81. The zero-order chi connectivity index (χ0) is 20.8. The Labute approximate surface area is 173 Å². The van der Waals surface area contributed by atoms with Gasteiger partial charge in [-0.3, -0.25) is 0 Å². The molecular weight excluding hydrogens is 364 g/mol. The first-order valence-corrected chi connectivity index (χ1v) is 10.1. The number of ether oxygens (including phenoxy) is 4. The van der Waals surface area contributed by atoms with E-state index in [9.17, 15) is 0 Å². The van der Waals surface area contributed by atoms with Crippen LogP contribution in [-0.4, -0.2) is 6.79 Å². The Bertz CT molecular complexity index is 874. The van der Waals surface area contributed by atoms with E-state index < -0.39 is 0 Å². The number of aryl methyl sites for hydroxylation is 2. The molecule has 0 radical (unpaired) electrons. The van der Waals surface area contributed by atoms with Crippen LogP contribution < -0.4 is 18.9 Å². The second-order valence-electron chi connectivity index (χ2n) is 7.82. The zero-order valence-corrected chi connectivity index (χ0v) is 17.6. The lowest BCUT2D eigenvalue weighted by atomic mass is 9.88. The van der Waals surface area contributed by atoms with E-state index in [2.05, 4.69) is 20.1 Å². The normalized spacial score (nSPS) is 16.5. The minimum Gasteiger partial charge on any atom is -0.454 e. The van der Waals surface area contributed by atoms with E-state index in [1.807, 2.05) is 50.2 Å². The fourth-order valence-corrected chi connectivity index (χ4v) is 3.22.